The number of non-ortho nitro benzene ring substituents is 1. The molecule has 0 saturated heterocycles. The van der Waals surface area contributed by atoms with Crippen molar-refractivity contribution < 1.29 is 19.2 Å². The molecule has 0 atom stereocenters. The molecule has 3 rings (SSSR count). The van der Waals surface area contributed by atoms with E-state index in [1.165, 1.54) is 37.6 Å². The summed E-state index contributed by atoms with van der Waals surface area (Å²) >= 11 is 18.4. The van der Waals surface area contributed by atoms with Gasteiger partial charge < -0.3 is 9.47 Å². The van der Waals surface area contributed by atoms with Crippen molar-refractivity contribution >= 4 is 52.6 Å². The van der Waals surface area contributed by atoms with E-state index in [2.05, 4.69) is 10.5 Å². The first-order valence-electron chi connectivity index (χ1n) is 9.30. The summed E-state index contributed by atoms with van der Waals surface area (Å²) in [6.45, 7) is 0.144. The lowest BCUT2D eigenvalue weighted by molar-refractivity contribution is -0.384. The average molecular weight is 509 g/mol. The normalized spacial score (nSPS) is 10.8. The number of nitro benzene ring substituents is 1. The standard InChI is InChI=1S/C22H16Cl3N3O5/c1-32-20-9-13(11-26-27-22(29)14-3-6-17(7-4-14)28(30)31)8-19(25)21(20)33-12-15-2-5-16(23)10-18(15)24/h2-11H,12H2,1H3,(H,27,29). The molecule has 3 aromatic carbocycles. The van der Waals surface area contributed by atoms with E-state index in [-0.39, 0.29) is 22.9 Å². The molecule has 0 aliphatic rings. The van der Waals surface area contributed by atoms with Crippen LogP contribution in [0.2, 0.25) is 15.1 Å². The maximum absolute atomic E-state index is 12.1. The number of nitrogens with one attached hydrogen (secondary N) is 1. The third kappa shape index (κ3) is 6.35. The van der Waals surface area contributed by atoms with Crippen molar-refractivity contribution in [3.05, 3.63) is 96.5 Å². The van der Waals surface area contributed by atoms with Crippen LogP contribution in [-0.2, 0) is 6.61 Å². The number of hydrazone groups is 1. The van der Waals surface area contributed by atoms with Crippen molar-refractivity contribution in [1.82, 2.24) is 5.43 Å². The van der Waals surface area contributed by atoms with Gasteiger partial charge in [0, 0.05) is 33.3 Å². The summed E-state index contributed by atoms with van der Waals surface area (Å²) in [5.41, 5.74) is 3.71. The van der Waals surface area contributed by atoms with Crippen molar-refractivity contribution in [2.45, 2.75) is 6.61 Å². The molecule has 0 bridgehead atoms. The van der Waals surface area contributed by atoms with Gasteiger partial charge in [-0.2, -0.15) is 5.10 Å². The van der Waals surface area contributed by atoms with Gasteiger partial charge in [0.15, 0.2) is 11.5 Å². The zero-order valence-corrected chi connectivity index (χ0v) is 19.3. The monoisotopic (exact) mass is 507 g/mol. The van der Waals surface area contributed by atoms with Crippen molar-refractivity contribution in [3.63, 3.8) is 0 Å². The second kappa shape index (κ2) is 11.0. The molecule has 0 spiro atoms. The van der Waals surface area contributed by atoms with Gasteiger partial charge in [-0.05, 0) is 42.0 Å². The van der Waals surface area contributed by atoms with Gasteiger partial charge in [0.05, 0.1) is 23.3 Å². The Balaban J connectivity index is 1.68. The highest BCUT2D eigenvalue weighted by Gasteiger charge is 2.13. The molecule has 0 radical (unpaired) electrons. The fourth-order valence-corrected chi connectivity index (χ4v) is 3.44. The first-order chi connectivity index (χ1) is 15.8. The number of ether oxygens (including phenoxy) is 2. The van der Waals surface area contributed by atoms with Crippen LogP contribution in [0.3, 0.4) is 0 Å². The number of carbonyl (C=O) groups excluding carboxylic acids is 1. The topological polar surface area (TPSA) is 103 Å². The molecule has 0 saturated carbocycles. The molecule has 170 valence electrons. The Morgan fingerprint density at radius 2 is 1.82 bits per heavy atom. The van der Waals surface area contributed by atoms with Crippen LogP contribution in [0.5, 0.6) is 11.5 Å². The van der Waals surface area contributed by atoms with E-state index in [4.69, 9.17) is 44.3 Å². The Morgan fingerprint density at radius 1 is 1.09 bits per heavy atom. The molecule has 1 N–H and O–H groups in total. The van der Waals surface area contributed by atoms with Crippen molar-refractivity contribution in [1.29, 1.82) is 0 Å². The van der Waals surface area contributed by atoms with Crippen LogP contribution in [0, 0.1) is 10.1 Å². The summed E-state index contributed by atoms with van der Waals surface area (Å²) in [7, 11) is 1.46. The molecule has 3 aromatic rings. The Morgan fingerprint density at radius 3 is 2.45 bits per heavy atom. The van der Waals surface area contributed by atoms with E-state index in [1.54, 1.807) is 30.3 Å². The largest absolute Gasteiger partial charge is 0.493 e. The fourth-order valence-electron chi connectivity index (χ4n) is 2.71. The number of halogens is 3. The number of carbonyl (C=O) groups is 1. The smallest absolute Gasteiger partial charge is 0.271 e. The molecule has 0 aliphatic carbocycles. The number of nitro groups is 1. The number of rotatable bonds is 8. The number of methoxy groups -OCH3 is 1. The van der Waals surface area contributed by atoms with Gasteiger partial charge in [0.25, 0.3) is 11.6 Å². The van der Waals surface area contributed by atoms with Crippen LogP contribution in [0.1, 0.15) is 21.5 Å². The van der Waals surface area contributed by atoms with E-state index < -0.39 is 10.8 Å². The molecule has 0 unspecified atom stereocenters. The Bertz CT molecular complexity index is 1220. The number of amides is 1. The van der Waals surface area contributed by atoms with E-state index in [1.807, 2.05) is 0 Å². The number of hydrogen-bond acceptors (Lipinski definition) is 6. The minimum atomic E-state index is -0.547. The van der Waals surface area contributed by atoms with Gasteiger partial charge in [0.2, 0.25) is 0 Å². The molecule has 11 heteroatoms. The maximum Gasteiger partial charge on any atom is 0.271 e. The third-order valence-electron chi connectivity index (χ3n) is 4.36. The highest BCUT2D eigenvalue weighted by atomic mass is 35.5. The lowest BCUT2D eigenvalue weighted by atomic mass is 10.2. The van der Waals surface area contributed by atoms with E-state index in [9.17, 15) is 14.9 Å². The summed E-state index contributed by atoms with van der Waals surface area (Å²) in [5.74, 6) is 0.145. The summed E-state index contributed by atoms with van der Waals surface area (Å²) in [6.07, 6.45) is 1.37. The van der Waals surface area contributed by atoms with E-state index in [0.717, 1.165) is 5.56 Å². The van der Waals surface area contributed by atoms with Crippen LogP contribution in [0.25, 0.3) is 0 Å². The molecular weight excluding hydrogens is 493 g/mol. The Kier molecular flexibility index (Phi) is 8.11. The van der Waals surface area contributed by atoms with Gasteiger partial charge >= 0.3 is 0 Å². The summed E-state index contributed by atoms with van der Waals surface area (Å²) in [5, 5.41) is 15.8. The molecule has 1 amide bonds. The minimum absolute atomic E-state index is 0.113. The second-order valence-electron chi connectivity index (χ2n) is 6.56. The van der Waals surface area contributed by atoms with Gasteiger partial charge in [-0.25, -0.2) is 5.43 Å². The van der Waals surface area contributed by atoms with Crippen LogP contribution in [-0.4, -0.2) is 24.2 Å². The van der Waals surface area contributed by atoms with Gasteiger partial charge in [-0.1, -0.05) is 40.9 Å². The summed E-state index contributed by atoms with van der Waals surface area (Å²) < 4.78 is 11.2. The quantitative estimate of drug-likeness (QED) is 0.232. The minimum Gasteiger partial charge on any atom is -0.493 e. The maximum atomic E-state index is 12.1. The van der Waals surface area contributed by atoms with Gasteiger partial charge in [0.1, 0.15) is 6.61 Å². The lowest BCUT2D eigenvalue weighted by Gasteiger charge is -2.14. The zero-order chi connectivity index (χ0) is 24.0. The van der Waals surface area contributed by atoms with Crippen LogP contribution >= 0.6 is 34.8 Å². The molecular formula is C22H16Cl3N3O5. The molecule has 0 aliphatic heterocycles. The van der Waals surface area contributed by atoms with Crippen molar-refractivity contribution in [2.24, 2.45) is 5.10 Å². The van der Waals surface area contributed by atoms with Crippen molar-refractivity contribution in [3.8, 4) is 11.5 Å². The predicted molar refractivity (Wildman–Crippen MR) is 127 cm³/mol. The summed E-state index contributed by atoms with van der Waals surface area (Å²) in [6, 6.07) is 13.4. The van der Waals surface area contributed by atoms with Crippen LogP contribution in [0.15, 0.2) is 59.7 Å². The van der Waals surface area contributed by atoms with Gasteiger partial charge in [-0.3, -0.25) is 14.9 Å². The van der Waals surface area contributed by atoms with Crippen molar-refractivity contribution in [2.75, 3.05) is 7.11 Å². The Hall–Kier alpha value is -3.33. The predicted octanol–water partition coefficient (Wildman–Crippen LogP) is 5.91. The molecule has 33 heavy (non-hydrogen) atoms. The first kappa shape index (κ1) is 24.3. The average Bonchev–Trinajstić information content (AvgIpc) is 2.79. The van der Waals surface area contributed by atoms with E-state index >= 15 is 0 Å². The fraction of sp³-hybridized carbons (Fsp3) is 0.0909. The highest BCUT2D eigenvalue weighted by molar-refractivity contribution is 6.35. The zero-order valence-electron chi connectivity index (χ0n) is 17.1. The number of hydrogen-bond donors (Lipinski definition) is 1. The molecule has 0 fully saturated rings. The SMILES string of the molecule is COc1cc(C=NNC(=O)c2ccc([N+](=O)[O-])cc2)cc(Cl)c1OCc1ccc(Cl)cc1Cl. The second-order valence-corrected chi connectivity index (χ2v) is 7.81. The van der Waals surface area contributed by atoms with Crippen LogP contribution < -0.4 is 14.9 Å². The first-order valence-corrected chi connectivity index (χ1v) is 10.4. The molecule has 8 nitrogen and oxygen atoms in total. The molecule has 0 aromatic heterocycles. The molecule has 0 heterocycles. The highest BCUT2D eigenvalue weighted by Crippen LogP contribution is 2.37. The van der Waals surface area contributed by atoms with Gasteiger partial charge in [-0.15, -0.1) is 0 Å². The number of nitrogens with zero attached hydrogens (tertiary/aromatic N) is 2. The number of benzene rings is 3. The summed E-state index contributed by atoms with van der Waals surface area (Å²) in [4.78, 5) is 22.3. The third-order valence-corrected chi connectivity index (χ3v) is 5.23. The lowest BCUT2D eigenvalue weighted by Crippen LogP contribution is -2.17. The Labute approximate surface area is 203 Å². The van der Waals surface area contributed by atoms with Crippen LogP contribution in [0.4, 0.5) is 5.69 Å². The van der Waals surface area contributed by atoms with E-state index in [0.29, 0.717) is 27.1 Å².